The van der Waals surface area contributed by atoms with Crippen LogP contribution < -0.4 is 10.0 Å². The van der Waals surface area contributed by atoms with E-state index in [1.807, 2.05) is 0 Å². The smallest absolute Gasteiger partial charge is 0.328 e. The normalized spacial score (nSPS) is 12.0. The molecule has 0 radical (unpaired) electrons. The fourth-order valence-electron chi connectivity index (χ4n) is 1.64. The van der Waals surface area contributed by atoms with Crippen molar-refractivity contribution in [2.24, 2.45) is 5.92 Å². The van der Waals surface area contributed by atoms with Gasteiger partial charge in [0.2, 0.25) is 6.20 Å². The Morgan fingerprint density at radius 2 is 2.20 bits per heavy atom. The third kappa shape index (κ3) is 3.81. The van der Waals surface area contributed by atoms with Gasteiger partial charge >= 0.3 is 11.7 Å². The summed E-state index contributed by atoms with van der Waals surface area (Å²) in [6, 6.07) is 0.314. The average molecular weight is 283 g/mol. The van der Waals surface area contributed by atoms with E-state index < -0.39 is 16.9 Å². The van der Waals surface area contributed by atoms with Gasteiger partial charge in [0, 0.05) is 0 Å². The molecule has 0 aliphatic heterocycles. The number of pyridine rings is 1. The highest BCUT2D eigenvalue weighted by molar-refractivity contribution is 5.80. The number of ether oxygens (including phenoxy) is 1. The average Bonchev–Trinajstić information content (AvgIpc) is 2.35. The molecule has 1 atom stereocenters. The number of carbonyl (C=O) groups excluding carboxylic acids is 1. The van der Waals surface area contributed by atoms with Crippen molar-refractivity contribution in [3.05, 3.63) is 33.8 Å². The Kier molecular flexibility index (Phi) is 5.24. The standard InChI is InChI=1S/C12H17N3O5/c1-4-20-12(16)11(8(2)3)13-9-7-14(17)6-5-10(9)15(18)19/h5-8,11,13H,4H2,1-3H3/t11-/m0/s1. The number of hydrogen-bond donors (Lipinski definition) is 1. The molecule has 0 saturated carbocycles. The van der Waals surface area contributed by atoms with Crippen LogP contribution in [-0.2, 0) is 9.53 Å². The summed E-state index contributed by atoms with van der Waals surface area (Å²) >= 11 is 0. The van der Waals surface area contributed by atoms with Gasteiger partial charge in [0.25, 0.3) is 0 Å². The van der Waals surface area contributed by atoms with E-state index in [1.54, 1.807) is 20.8 Å². The number of anilines is 1. The number of hydrogen-bond acceptors (Lipinski definition) is 6. The molecule has 0 bridgehead atoms. The van der Waals surface area contributed by atoms with Crippen molar-refractivity contribution < 1.29 is 19.2 Å². The minimum Gasteiger partial charge on any atom is -0.619 e. The number of nitrogens with one attached hydrogen (secondary N) is 1. The molecule has 0 aliphatic rings. The van der Waals surface area contributed by atoms with E-state index in [2.05, 4.69) is 5.32 Å². The van der Waals surface area contributed by atoms with Gasteiger partial charge in [0.1, 0.15) is 6.04 Å². The summed E-state index contributed by atoms with van der Waals surface area (Å²) in [7, 11) is 0. The van der Waals surface area contributed by atoms with Crippen LogP contribution in [0.4, 0.5) is 11.4 Å². The van der Waals surface area contributed by atoms with Crippen molar-refractivity contribution in [3.8, 4) is 0 Å². The number of esters is 1. The van der Waals surface area contributed by atoms with Gasteiger partial charge in [-0.1, -0.05) is 13.8 Å². The highest BCUT2D eigenvalue weighted by Crippen LogP contribution is 2.23. The maximum atomic E-state index is 11.8. The summed E-state index contributed by atoms with van der Waals surface area (Å²) in [4.78, 5) is 22.1. The van der Waals surface area contributed by atoms with E-state index in [1.165, 1.54) is 0 Å². The van der Waals surface area contributed by atoms with Gasteiger partial charge in [0.15, 0.2) is 11.9 Å². The first kappa shape index (κ1) is 15.7. The molecule has 0 saturated heterocycles. The van der Waals surface area contributed by atoms with E-state index in [0.29, 0.717) is 4.73 Å². The second-order valence-corrected chi connectivity index (χ2v) is 4.48. The lowest BCUT2D eigenvalue weighted by molar-refractivity contribution is -0.605. The first-order chi connectivity index (χ1) is 9.36. The third-order valence-corrected chi connectivity index (χ3v) is 2.63. The molecule has 1 N–H and O–H groups in total. The van der Waals surface area contributed by atoms with Crippen LogP contribution >= 0.6 is 0 Å². The molecular weight excluding hydrogens is 266 g/mol. The monoisotopic (exact) mass is 283 g/mol. The molecule has 0 aromatic carbocycles. The van der Waals surface area contributed by atoms with Crippen molar-refractivity contribution in [1.29, 1.82) is 0 Å². The maximum absolute atomic E-state index is 11.8. The van der Waals surface area contributed by atoms with Gasteiger partial charge in [-0.25, -0.2) is 4.79 Å². The van der Waals surface area contributed by atoms with Crippen LogP contribution in [0.15, 0.2) is 18.5 Å². The minimum atomic E-state index is -0.768. The van der Waals surface area contributed by atoms with Gasteiger partial charge in [-0.3, -0.25) is 10.1 Å². The first-order valence-corrected chi connectivity index (χ1v) is 6.17. The lowest BCUT2D eigenvalue weighted by atomic mass is 10.0. The molecule has 0 aliphatic carbocycles. The lowest BCUT2D eigenvalue weighted by Crippen LogP contribution is -2.37. The second kappa shape index (κ2) is 6.69. The van der Waals surface area contributed by atoms with Gasteiger partial charge in [-0.2, -0.15) is 4.73 Å². The number of rotatable bonds is 6. The first-order valence-electron chi connectivity index (χ1n) is 6.17. The van der Waals surface area contributed by atoms with Crippen molar-refractivity contribution in [2.45, 2.75) is 26.8 Å². The van der Waals surface area contributed by atoms with E-state index in [0.717, 1.165) is 18.5 Å². The van der Waals surface area contributed by atoms with Crippen LogP contribution in [0, 0.1) is 21.2 Å². The molecule has 8 nitrogen and oxygen atoms in total. The Hall–Kier alpha value is -2.38. The highest BCUT2D eigenvalue weighted by atomic mass is 16.6. The summed E-state index contributed by atoms with van der Waals surface area (Å²) in [5.41, 5.74) is -0.286. The predicted octanol–water partition coefficient (Wildman–Crippen LogP) is 1.23. The van der Waals surface area contributed by atoms with Crippen LogP contribution in [0.3, 0.4) is 0 Å². The fourth-order valence-corrected chi connectivity index (χ4v) is 1.64. The van der Waals surface area contributed by atoms with Crippen LogP contribution in [0.5, 0.6) is 0 Å². The quantitative estimate of drug-likeness (QED) is 0.276. The van der Waals surface area contributed by atoms with Gasteiger partial charge in [-0.15, -0.1) is 0 Å². The molecule has 1 aromatic heterocycles. The summed E-state index contributed by atoms with van der Waals surface area (Å²) in [6.45, 7) is 5.43. The summed E-state index contributed by atoms with van der Waals surface area (Å²) in [6.07, 6.45) is 2.05. The number of carbonyl (C=O) groups is 1. The molecule has 0 fully saturated rings. The molecule has 1 rings (SSSR count). The van der Waals surface area contributed by atoms with Gasteiger partial charge in [-0.05, 0) is 12.8 Å². The highest BCUT2D eigenvalue weighted by Gasteiger charge is 2.27. The summed E-state index contributed by atoms with van der Waals surface area (Å²) < 4.78 is 5.34. The number of nitro groups is 1. The van der Waals surface area contributed by atoms with Crippen LogP contribution in [-0.4, -0.2) is 23.5 Å². The largest absolute Gasteiger partial charge is 0.619 e. The Balaban J connectivity index is 3.07. The lowest BCUT2D eigenvalue weighted by Gasteiger charge is -2.20. The molecule has 110 valence electrons. The van der Waals surface area contributed by atoms with Crippen LogP contribution in [0.25, 0.3) is 0 Å². The molecule has 1 heterocycles. The van der Waals surface area contributed by atoms with E-state index in [4.69, 9.17) is 4.74 Å². The van der Waals surface area contributed by atoms with Crippen molar-refractivity contribution in [3.63, 3.8) is 0 Å². The van der Waals surface area contributed by atoms with E-state index in [-0.39, 0.29) is 23.9 Å². The Bertz CT molecular complexity index is 504. The molecular formula is C12H17N3O5. The summed E-state index contributed by atoms with van der Waals surface area (Å²) in [5, 5.41) is 24.9. The Labute approximate surface area is 116 Å². The molecule has 0 amide bonds. The minimum absolute atomic E-state index is 0.0146. The zero-order valence-corrected chi connectivity index (χ0v) is 11.5. The van der Waals surface area contributed by atoms with Gasteiger partial charge in [0.05, 0.1) is 17.6 Å². The zero-order chi connectivity index (χ0) is 15.3. The summed E-state index contributed by atoms with van der Waals surface area (Å²) in [5.74, 6) is -0.674. The third-order valence-electron chi connectivity index (χ3n) is 2.63. The topological polar surface area (TPSA) is 108 Å². The molecule has 8 heteroatoms. The zero-order valence-electron chi connectivity index (χ0n) is 11.5. The Morgan fingerprint density at radius 3 is 2.70 bits per heavy atom. The van der Waals surface area contributed by atoms with Crippen molar-refractivity contribution in [1.82, 2.24) is 0 Å². The van der Waals surface area contributed by atoms with Crippen LogP contribution in [0.1, 0.15) is 20.8 Å². The van der Waals surface area contributed by atoms with Crippen LogP contribution in [0.2, 0.25) is 0 Å². The van der Waals surface area contributed by atoms with Crippen molar-refractivity contribution >= 4 is 17.3 Å². The van der Waals surface area contributed by atoms with E-state index >= 15 is 0 Å². The number of aromatic nitrogens is 1. The van der Waals surface area contributed by atoms with Gasteiger partial charge < -0.3 is 15.3 Å². The van der Waals surface area contributed by atoms with E-state index in [9.17, 15) is 20.1 Å². The second-order valence-electron chi connectivity index (χ2n) is 4.48. The maximum Gasteiger partial charge on any atom is 0.328 e. The molecule has 1 aromatic rings. The van der Waals surface area contributed by atoms with Crippen molar-refractivity contribution in [2.75, 3.05) is 11.9 Å². The SMILES string of the molecule is CCOC(=O)[C@@H](Nc1c[n+]([O-])ccc1[N+](=O)[O-])C(C)C. The fraction of sp³-hybridized carbons (Fsp3) is 0.500. The molecule has 0 spiro atoms. The predicted molar refractivity (Wildman–Crippen MR) is 70.9 cm³/mol. The molecule has 20 heavy (non-hydrogen) atoms. The Morgan fingerprint density at radius 1 is 1.55 bits per heavy atom. The molecule has 0 unspecified atom stereocenters. The number of nitrogens with zero attached hydrogens (tertiary/aromatic N) is 2.